The van der Waals surface area contributed by atoms with Gasteiger partial charge in [0.25, 0.3) is 5.91 Å². The number of nitrogens with one attached hydrogen (secondary N) is 1. The minimum Gasteiger partial charge on any atom is -0.468 e. The fourth-order valence-corrected chi connectivity index (χ4v) is 5.18. The summed E-state index contributed by atoms with van der Waals surface area (Å²) in [5.74, 6) is 0.611. The van der Waals surface area contributed by atoms with Crippen molar-refractivity contribution in [3.8, 4) is 0 Å². The van der Waals surface area contributed by atoms with Gasteiger partial charge in [0.15, 0.2) is 0 Å². The number of hydrogen-bond acceptors (Lipinski definition) is 5. The summed E-state index contributed by atoms with van der Waals surface area (Å²) < 4.78 is 32.1. The van der Waals surface area contributed by atoms with E-state index in [0.717, 1.165) is 31.7 Å². The van der Waals surface area contributed by atoms with Gasteiger partial charge >= 0.3 is 0 Å². The average molecular weight is 420 g/mol. The quantitative estimate of drug-likeness (QED) is 0.676. The molecule has 1 aromatic heterocycles. The highest BCUT2D eigenvalue weighted by Crippen LogP contribution is 2.25. The van der Waals surface area contributed by atoms with Crippen LogP contribution in [-0.2, 0) is 10.0 Å². The van der Waals surface area contributed by atoms with Gasteiger partial charge in [-0.05, 0) is 62.3 Å². The maximum atomic E-state index is 12.6. The van der Waals surface area contributed by atoms with Gasteiger partial charge in [0.05, 0.1) is 17.2 Å². The van der Waals surface area contributed by atoms with Gasteiger partial charge in [-0.3, -0.25) is 9.69 Å². The zero-order valence-electron chi connectivity index (χ0n) is 17.0. The number of nitrogens with zero attached hydrogens (tertiary/aromatic N) is 2. The number of sulfonamides is 1. The second-order valence-electron chi connectivity index (χ2n) is 7.10. The molecule has 1 aliphatic rings. The second kappa shape index (κ2) is 9.56. The van der Waals surface area contributed by atoms with E-state index in [0.29, 0.717) is 25.2 Å². The van der Waals surface area contributed by atoms with Crippen LogP contribution in [0.2, 0.25) is 0 Å². The summed E-state index contributed by atoms with van der Waals surface area (Å²) >= 11 is 0. The van der Waals surface area contributed by atoms with E-state index in [1.54, 1.807) is 32.2 Å². The highest BCUT2D eigenvalue weighted by Gasteiger charge is 2.26. The Bertz CT molecular complexity index is 885. The Balaban J connectivity index is 1.67. The van der Waals surface area contributed by atoms with Crippen LogP contribution in [0, 0.1) is 0 Å². The highest BCUT2D eigenvalue weighted by atomic mass is 32.2. The van der Waals surface area contributed by atoms with Gasteiger partial charge in [-0.2, -0.15) is 4.31 Å². The number of benzene rings is 1. The molecule has 7 nitrogen and oxygen atoms in total. The average Bonchev–Trinajstić information content (AvgIpc) is 3.44. The Labute approximate surface area is 172 Å². The molecule has 3 rings (SSSR count). The van der Waals surface area contributed by atoms with Crippen LogP contribution in [0.15, 0.2) is 52.0 Å². The summed E-state index contributed by atoms with van der Waals surface area (Å²) in [6, 6.07) is 9.89. The van der Waals surface area contributed by atoms with E-state index >= 15 is 0 Å². The fraction of sp³-hybridized carbons (Fsp3) is 0.476. The topological polar surface area (TPSA) is 82.9 Å². The van der Waals surface area contributed by atoms with Gasteiger partial charge < -0.3 is 9.73 Å². The lowest BCUT2D eigenvalue weighted by atomic mass is 10.1. The fourth-order valence-electron chi connectivity index (χ4n) is 3.73. The maximum absolute atomic E-state index is 12.6. The zero-order valence-corrected chi connectivity index (χ0v) is 17.8. The van der Waals surface area contributed by atoms with E-state index in [9.17, 15) is 13.2 Å². The number of amides is 1. The van der Waals surface area contributed by atoms with E-state index in [4.69, 9.17) is 4.42 Å². The monoisotopic (exact) mass is 419 g/mol. The summed E-state index contributed by atoms with van der Waals surface area (Å²) in [7, 11) is -3.53. The van der Waals surface area contributed by atoms with Crippen molar-refractivity contribution in [1.82, 2.24) is 14.5 Å². The van der Waals surface area contributed by atoms with E-state index < -0.39 is 10.0 Å². The molecule has 1 fully saturated rings. The van der Waals surface area contributed by atoms with Crippen molar-refractivity contribution in [3.63, 3.8) is 0 Å². The third-order valence-electron chi connectivity index (χ3n) is 5.37. The largest absolute Gasteiger partial charge is 0.468 e. The lowest BCUT2D eigenvalue weighted by Gasteiger charge is -2.26. The van der Waals surface area contributed by atoms with Crippen molar-refractivity contribution < 1.29 is 17.6 Å². The van der Waals surface area contributed by atoms with Crippen molar-refractivity contribution in [3.05, 3.63) is 54.0 Å². The van der Waals surface area contributed by atoms with Crippen molar-refractivity contribution in [1.29, 1.82) is 0 Å². The third kappa shape index (κ3) is 4.88. The van der Waals surface area contributed by atoms with Crippen LogP contribution in [-0.4, -0.2) is 56.3 Å². The Hall–Kier alpha value is -2.16. The van der Waals surface area contributed by atoms with Gasteiger partial charge in [0.1, 0.15) is 5.76 Å². The summed E-state index contributed by atoms with van der Waals surface area (Å²) in [6.07, 6.45) is 3.94. The molecule has 2 heterocycles. The van der Waals surface area contributed by atoms with Crippen molar-refractivity contribution in [2.75, 3.05) is 32.7 Å². The van der Waals surface area contributed by atoms with E-state index in [1.165, 1.54) is 16.4 Å². The summed E-state index contributed by atoms with van der Waals surface area (Å²) in [4.78, 5) is 15.1. The first-order valence-corrected chi connectivity index (χ1v) is 11.6. The first-order chi connectivity index (χ1) is 14.0. The molecule has 2 aromatic rings. The molecule has 0 bridgehead atoms. The van der Waals surface area contributed by atoms with Crippen molar-refractivity contribution in [2.24, 2.45) is 0 Å². The number of rotatable bonds is 9. The molecule has 1 amide bonds. The van der Waals surface area contributed by atoms with Crippen LogP contribution in [0.4, 0.5) is 0 Å². The summed E-state index contributed by atoms with van der Waals surface area (Å²) in [5, 5.41) is 2.97. The van der Waals surface area contributed by atoms with Crippen molar-refractivity contribution in [2.45, 2.75) is 37.6 Å². The van der Waals surface area contributed by atoms with Gasteiger partial charge in [0, 0.05) is 25.2 Å². The Morgan fingerprint density at radius 1 is 1.14 bits per heavy atom. The predicted molar refractivity (Wildman–Crippen MR) is 111 cm³/mol. The number of carbonyl (C=O) groups is 1. The molecule has 1 N–H and O–H groups in total. The van der Waals surface area contributed by atoms with Crippen LogP contribution in [0.5, 0.6) is 0 Å². The molecule has 158 valence electrons. The normalized spacial score (nSPS) is 16.2. The third-order valence-corrected chi connectivity index (χ3v) is 7.43. The number of carbonyl (C=O) groups excluding carboxylic acids is 1. The van der Waals surface area contributed by atoms with E-state index in [2.05, 4.69) is 10.2 Å². The lowest BCUT2D eigenvalue weighted by molar-refractivity contribution is 0.0933. The molecule has 0 aliphatic carbocycles. The van der Waals surface area contributed by atoms with Crippen LogP contribution >= 0.6 is 0 Å². The van der Waals surface area contributed by atoms with Crippen LogP contribution in [0.3, 0.4) is 0 Å². The molecule has 0 unspecified atom stereocenters. The van der Waals surface area contributed by atoms with Crippen LogP contribution in [0.1, 0.15) is 48.8 Å². The lowest BCUT2D eigenvalue weighted by Crippen LogP contribution is -2.36. The smallest absolute Gasteiger partial charge is 0.251 e. The molecule has 1 atom stereocenters. The van der Waals surface area contributed by atoms with Crippen molar-refractivity contribution >= 4 is 15.9 Å². The SMILES string of the molecule is CCN(CC)S(=O)(=O)c1ccc(C(=O)NC[C@H](c2ccco2)N2CCCC2)cc1. The molecule has 0 spiro atoms. The molecule has 1 aromatic carbocycles. The standard InChI is InChI=1S/C21H29N3O4S/c1-3-24(4-2)29(26,27)18-11-9-17(10-12-18)21(25)22-16-19(20-8-7-15-28-20)23-13-5-6-14-23/h7-12,15,19H,3-6,13-14,16H2,1-2H3,(H,22,25)/t19-/m1/s1. The Kier molecular flexibility index (Phi) is 7.10. The molecule has 0 saturated carbocycles. The van der Waals surface area contributed by atoms with Gasteiger partial charge in [0.2, 0.25) is 10.0 Å². The molecule has 1 aliphatic heterocycles. The zero-order chi connectivity index (χ0) is 20.9. The number of likely N-dealkylation sites (tertiary alicyclic amines) is 1. The van der Waals surface area contributed by atoms with E-state index in [-0.39, 0.29) is 16.8 Å². The first kappa shape index (κ1) is 21.5. The Morgan fingerprint density at radius 3 is 2.34 bits per heavy atom. The molecule has 29 heavy (non-hydrogen) atoms. The van der Waals surface area contributed by atoms with E-state index in [1.807, 2.05) is 12.1 Å². The van der Waals surface area contributed by atoms with Crippen LogP contribution < -0.4 is 5.32 Å². The molecule has 1 saturated heterocycles. The molecule has 0 radical (unpaired) electrons. The molecular formula is C21H29N3O4S. The Morgan fingerprint density at radius 2 is 1.79 bits per heavy atom. The minimum absolute atomic E-state index is 0.00114. The number of furan rings is 1. The van der Waals surface area contributed by atoms with Crippen LogP contribution in [0.25, 0.3) is 0 Å². The van der Waals surface area contributed by atoms with Gasteiger partial charge in [-0.15, -0.1) is 0 Å². The first-order valence-electron chi connectivity index (χ1n) is 10.1. The molecule has 8 heteroatoms. The highest BCUT2D eigenvalue weighted by molar-refractivity contribution is 7.89. The maximum Gasteiger partial charge on any atom is 0.251 e. The molecular weight excluding hydrogens is 390 g/mol. The summed E-state index contributed by atoms with van der Waals surface area (Å²) in [5.41, 5.74) is 0.433. The minimum atomic E-state index is -3.53. The second-order valence-corrected chi connectivity index (χ2v) is 9.04. The predicted octanol–water partition coefficient (Wildman–Crippen LogP) is 2.88. The van der Waals surface area contributed by atoms with Gasteiger partial charge in [-0.1, -0.05) is 13.8 Å². The number of hydrogen-bond donors (Lipinski definition) is 1. The summed E-state index contributed by atoms with van der Waals surface area (Å²) in [6.45, 7) is 6.83. The van der Waals surface area contributed by atoms with Gasteiger partial charge in [-0.25, -0.2) is 8.42 Å².